The molecule has 98 valence electrons. The summed E-state index contributed by atoms with van der Waals surface area (Å²) in [5, 5.41) is 13.4. The zero-order chi connectivity index (χ0) is 13.9. The second-order valence-electron chi connectivity index (χ2n) is 4.05. The summed E-state index contributed by atoms with van der Waals surface area (Å²) < 4.78 is 0. The van der Waals surface area contributed by atoms with Crippen LogP contribution >= 0.6 is 11.6 Å². The summed E-state index contributed by atoms with van der Waals surface area (Å²) >= 11 is 5.85. The van der Waals surface area contributed by atoms with E-state index in [1.165, 1.54) is 0 Å². The fourth-order valence-corrected chi connectivity index (χ4v) is 1.56. The Kier molecular flexibility index (Phi) is 4.43. The predicted octanol–water partition coefficient (Wildman–Crippen LogP) is 1.56. The number of rotatable bonds is 5. The van der Waals surface area contributed by atoms with Gasteiger partial charge in [0.15, 0.2) is 0 Å². The van der Waals surface area contributed by atoms with Gasteiger partial charge in [0.25, 0.3) is 5.69 Å². The van der Waals surface area contributed by atoms with Crippen molar-refractivity contribution < 1.29 is 9.72 Å². The van der Waals surface area contributed by atoms with Gasteiger partial charge in [0.1, 0.15) is 18.1 Å². The van der Waals surface area contributed by atoms with E-state index in [4.69, 9.17) is 17.3 Å². The summed E-state index contributed by atoms with van der Waals surface area (Å²) in [6, 6.07) is 0.520. The second kappa shape index (κ2) is 5.63. The number of nitro groups is 1. The monoisotopic (exact) mass is 272 g/mol. The first-order valence-electron chi connectivity index (χ1n) is 5.18. The minimum atomic E-state index is -0.642. The summed E-state index contributed by atoms with van der Waals surface area (Å²) in [5.74, 6) is -0.406. The molecule has 0 fully saturated rings. The number of nitrogens with two attached hydrogens (primary N) is 1. The van der Waals surface area contributed by atoms with Crippen LogP contribution in [0.1, 0.15) is 13.8 Å². The van der Waals surface area contributed by atoms with E-state index in [0.29, 0.717) is 0 Å². The number of primary amides is 1. The molecule has 1 heterocycles. The molecule has 0 radical (unpaired) electrons. The molecule has 0 aliphatic rings. The van der Waals surface area contributed by atoms with E-state index in [9.17, 15) is 14.9 Å². The van der Waals surface area contributed by atoms with E-state index < -0.39 is 16.9 Å². The number of pyridine rings is 1. The quantitative estimate of drug-likeness (QED) is 0.624. The number of amides is 1. The van der Waals surface area contributed by atoms with Crippen LogP contribution in [0.5, 0.6) is 0 Å². The predicted molar refractivity (Wildman–Crippen MR) is 67.3 cm³/mol. The SMILES string of the molecule is CC(C)C(Nc1ncc([N+](=O)[O-])cc1Cl)C(N)=O. The van der Waals surface area contributed by atoms with Gasteiger partial charge in [0, 0.05) is 6.07 Å². The van der Waals surface area contributed by atoms with Crippen LogP contribution in [0.2, 0.25) is 5.02 Å². The number of halogens is 1. The lowest BCUT2D eigenvalue weighted by Crippen LogP contribution is -2.39. The number of carbonyl (C=O) groups is 1. The molecule has 1 rings (SSSR count). The topological polar surface area (TPSA) is 111 Å². The van der Waals surface area contributed by atoms with Crippen molar-refractivity contribution >= 4 is 29.0 Å². The van der Waals surface area contributed by atoms with Crippen LogP contribution in [-0.4, -0.2) is 21.9 Å². The molecule has 1 aromatic rings. The third-order valence-electron chi connectivity index (χ3n) is 2.30. The Hall–Kier alpha value is -1.89. The lowest BCUT2D eigenvalue weighted by atomic mass is 10.0. The maximum Gasteiger partial charge on any atom is 0.289 e. The molecule has 1 aromatic heterocycles. The third kappa shape index (κ3) is 3.30. The van der Waals surface area contributed by atoms with Crippen LogP contribution in [0, 0.1) is 16.0 Å². The Labute approximate surface area is 108 Å². The number of anilines is 1. The molecule has 0 aliphatic heterocycles. The van der Waals surface area contributed by atoms with Gasteiger partial charge in [-0.2, -0.15) is 0 Å². The first-order valence-corrected chi connectivity index (χ1v) is 5.56. The highest BCUT2D eigenvalue weighted by Crippen LogP contribution is 2.25. The lowest BCUT2D eigenvalue weighted by molar-refractivity contribution is -0.385. The Balaban J connectivity index is 2.97. The van der Waals surface area contributed by atoms with Crippen molar-refractivity contribution in [3.63, 3.8) is 0 Å². The Morgan fingerprint density at radius 1 is 1.61 bits per heavy atom. The minimum absolute atomic E-state index is 0.0597. The molecule has 0 saturated carbocycles. The van der Waals surface area contributed by atoms with E-state index in [1.807, 2.05) is 13.8 Å². The summed E-state index contributed by atoms with van der Waals surface area (Å²) in [6.07, 6.45) is 1.06. The van der Waals surface area contributed by atoms with Crippen molar-refractivity contribution in [3.05, 3.63) is 27.4 Å². The molecule has 18 heavy (non-hydrogen) atoms. The second-order valence-corrected chi connectivity index (χ2v) is 4.46. The van der Waals surface area contributed by atoms with Crippen molar-refractivity contribution in [1.29, 1.82) is 0 Å². The van der Waals surface area contributed by atoms with Crippen molar-refractivity contribution in [2.45, 2.75) is 19.9 Å². The molecule has 0 aliphatic carbocycles. The van der Waals surface area contributed by atoms with Gasteiger partial charge >= 0.3 is 0 Å². The van der Waals surface area contributed by atoms with Crippen molar-refractivity contribution in [1.82, 2.24) is 4.98 Å². The summed E-state index contributed by atoms with van der Waals surface area (Å²) in [7, 11) is 0. The molecule has 3 N–H and O–H groups in total. The minimum Gasteiger partial charge on any atom is -0.368 e. The van der Waals surface area contributed by atoms with Gasteiger partial charge in [-0.15, -0.1) is 0 Å². The largest absolute Gasteiger partial charge is 0.368 e. The average molecular weight is 273 g/mol. The van der Waals surface area contributed by atoms with Crippen molar-refractivity contribution in [2.24, 2.45) is 11.7 Å². The lowest BCUT2D eigenvalue weighted by Gasteiger charge is -2.19. The summed E-state index contributed by atoms with van der Waals surface area (Å²) in [5.41, 5.74) is 5.02. The summed E-state index contributed by atoms with van der Waals surface area (Å²) in [4.78, 5) is 24.9. The molecule has 0 spiro atoms. The normalized spacial score (nSPS) is 12.2. The number of carbonyl (C=O) groups excluding carboxylic acids is 1. The molecule has 8 heteroatoms. The van der Waals surface area contributed by atoms with Crippen molar-refractivity contribution in [3.8, 4) is 0 Å². The Morgan fingerprint density at radius 3 is 2.61 bits per heavy atom. The molecule has 1 amide bonds. The van der Waals surface area contributed by atoms with Gasteiger partial charge < -0.3 is 11.1 Å². The Bertz CT molecular complexity index is 478. The van der Waals surface area contributed by atoms with Gasteiger partial charge in [0.2, 0.25) is 5.91 Å². The average Bonchev–Trinajstić information content (AvgIpc) is 2.25. The third-order valence-corrected chi connectivity index (χ3v) is 2.59. The molecule has 7 nitrogen and oxygen atoms in total. The first kappa shape index (κ1) is 14.2. The van der Waals surface area contributed by atoms with Crippen LogP contribution in [0.4, 0.5) is 11.5 Å². The number of aromatic nitrogens is 1. The maximum atomic E-state index is 11.2. The molecular formula is C10H13ClN4O3. The van der Waals surface area contributed by atoms with E-state index in [0.717, 1.165) is 12.3 Å². The van der Waals surface area contributed by atoms with Gasteiger partial charge in [-0.1, -0.05) is 25.4 Å². The smallest absolute Gasteiger partial charge is 0.289 e. The number of hydrogen-bond donors (Lipinski definition) is 2. The van der Waals surface area contributed by atoms with Gasteiger partial charge in [-0.25, -0.2) is 4.98 Å². The van der Waals surface area contributed by atoms with Gasteiger partial charge in [0.05, 0.1) is 9.95 Å². The molecule has 0 bridgehead atoms. The number of hydrogen-bond acceptors (Lipinski definition) is 5. The number of nitrogens with one attached hydrogen (secondary N) is 1. The fraction of sp³-hybridized carbons (Fsp3) is 0.400. The first-order chi connectivity index (χ1) is 8.32. The van der Waals surface area contributed by atoms with Crippen LogP contribution in [0.3, 0.4) is 0 Å². The van der Waals surface area contributed by atoms with Crippen LogP contribution < -0.4 is 11.1 Å². The summed E-state index contributed by atoms with van der Waals surface area (Å²) in [6.45, 7) is 3.61. The highest BCUT2D eigenvalue weighted by atomic mass is 35.5. The molecule has 1 unspecified atom stereocenters. The highest BCUT2D eigenvalue weighted by Gasteiger charge is 2.21. The van der Waals surface area contributed by atoms with Gasteiger partial charge in [-0.3, -0.25) is 14.9 Å². The van der Waals surface area contributed by atoms with Crippen LogP contribution in [-0.2, 0) is 4.79 Å². The highest BCUT2D eigenvalue weighted by molar-refractivity contribution is 6.33. The van der Waals surface area contributed by atoms with Gasteiger partial charge in [-0.05, 0) is 5.92 Å². The van der Waals surface area contributed by atoms with E-state index in [1.54, 1.807) is 0 Å². The van der Waals surface area contributed by atoms with Crippen LogP contribution in [0.25, 0.3) is 0 Å². The molecule has 1 atom stereocenters. The molecule has 0 aromatic carbocycles. The fourth-order valence-electron chi connectivity index (χ4n) is 1.35. The van der Waals surface area contributed by atoms with E-state index in [2.05, 4.69) is 10.3 Å². The van der Waals surface area contributed by atoms with Crippen molar-refractivity contribution in [2.75, 3.05) is 5.32 Å². The zero-order valence-corrected chi connectivity index (χ0v) is 10.6. The van der Waals surface area contributed by atoms with Crippen LogP contribution in [0.15, 0.2) is 12.3 Å². The molecule has 0 saturated heterocycles. The van der Waals surface area contributed by atoms with E-state index >= 15 is 0 Å². The van der Waals surface area contributed by atoms with E-state index in [-0.39, 0.29) is 22.4 Å². The zero-order valence-electron chi connectivity index (χ0n) is 9.88. The standard InChI is InChI=1S/C10H13ClN4O3/c1-5(2)8(9(12)16)14-10-7(11)3-6(4-13-10)15(17)18/h3-5,8H,1-2H3,(H2,12,16)(H,13,14). The maximum absolute atomic E-state index is 11.2. The number of nitrogens with zero attached hydrogens (tertiary/aromatic N) is 2. The Morgan fingerprint density at radius 2 is 2.22 bits per heavy atom. The molecular weight excluding hydrogens is 260 g/mol.